The molecular formula is C15H24FNO2S. The van der Waals surface area contributed by atoms with Crippen molar-refractivity contribution in [2.45, 2.75) is 45.3 Å². The maximum atomic E-state index is 13.5. The van der Waals surface area contributed by atoms with Gasteiger partial charge in [-0.25, -0.2) is 17.5 Å². The quantitative estimate of drug-likeness (QED) is 0.759. The second-order valence-corrected chi connectivity index (χ2v) is 6.92. The van der Waals surface area contributed by atoms with Crippen molar-refractivity contribution in [3.05, 3.63) is 35.6 Å². The van der Waals surface area contributed by atoms with Crippen LogP contribution in [0, 0.1) is 11.7 Å². The Kier molecular flexibility index (Phi) is 7.16. The van der Waals surface area contributed by atoms with E-state index in [1.54, 1.807) is 12.1 Å². The molecule has 20 heavy (non-hydrogen) atoms. The van der Waals surface area contributed by atoms with Gasteiger partial charge in [-0.1, -0.05) is 51.3 Å². The van der Waals surface area contributed by atoms with E-state index in [0.29, 0.717) is 12.5 Å². The van der Waals surface area contributed by atoms with Crippen LogP contribution in [0.5, 0.6) is 0 Å². The lowest BCUT2D eigenvalue weighted by Gasteiger charge is -2.15. The standard InChI is InChI=1S/C15H24FNO2S/c1-3-5-8-13(4-2)11-17-20(18,19)12-14-9-6-7-10-15(14)16/h6-7,9-10,13,17H,3-5,8,11-12H2,1-2H3/t13-/m1/s1. The monoisotopic (exact) mass is 301 g/mol. The van der Waals surface area contributed by atoms with Crippen LogP contribution in [-0.2, 0) is 15.8 Å². The fraction of sp³-hybridized carbons (Fsp3) is 0.600. The molecule has 114 valence electrons. The van der Waals surface area contributed by atoms with E-state index in [4.69, 9.17) is 0 Å². The van der Waals surface area contributed by atoms with Gasteiger partial charge < -0.3 is 0 Å². The van der Waals surface area contributed by atoms with Crippen molar-refractivity contribution >= 4 is 10.0 Å². The average Bonchev–Trinajstić information content (AvgIpc) is 2.41. The second-order valence-electron chi connectivity index (χ2n) is 5.12. The van der Waals surface area contributed by atoms with Crippen LogP contribution in [0.1, 0.15) is 45.1 Å². The van der Waals surface area contributed by atoms with Crippen LogP contribution in [0.4, 0.5) is 4.39 Å². The number of hydrogen-bond acceptors (Lipinski definition) is 2. The number of sulfonamides is 1. The summed E-state index contributed by atoms with van der Waals surface area (Å²) in [5.74, 6) is -0.426. The molecule has 1 aromatic rings. The minimum absolute atomic E-state index is 0.210. The molecule has 0 saturated heterocycles. The van der Waals surface area contributed by atoms with E-state index in [1.165, 1.54) is 12.1 Å². The van der Waals surface area contributed by atoms with E-state index in [-0.39, 0.29) is 11.3 Å². The third-order valence-electron chi connectivity index (χ3n) is 3.44. The zero-order chi connectivity index (χ0) is 15.0. The molecule has 0 fully saturated rings. The van der Waals surface area contributed by atoms with E-state index in [2.05, 4.69) is 18.6 Å². The first-order valence-electron chi connectivity index (χ1n) is 7.19. The molecule has 0 saturated carbocycles. The lowest BCUT2D eigenvalue weighted by atomic mass is 10.00. The highest BCUT2D eigenvalue weighted by molar-refractivity contribution is 7.88. The Morgan fingerprint density at radius 1 is 1.25 bits per heavy atom. The number of benzene rings is 1. The summed E-state index contributed by atoms with van der Waals surface area (Å²) in [6.45, 7) is 4.62. The first-order valence-corrected chi connectivity index (χ1v) is 8.84. The molecule has 1 atom stereocenters. The Morgan fingerprint density at radius 3 is 2.55 bits per heavy atom. The minimum atomic E-state index is -3.48. The van der Waals surface area contributed by atoms with Crippen LogP contribution < -0.4 is 4.72 Å². The summed E-state index contributed by atoms with van der Waals surface area (Å²) >= 11 is 0. The van der Waals surface area contributed by atoms with Gasteiger partial charge in [0, 0.05) is 12.1 Å². The molecule has 0 radical (unpaired) electrons. The van der Waals surface area contributed by atoms with Crippen molar-refractivity contribution in [1.82, 2.24) is 4.72 Å². The highest BCUT2D eigenvalue weighted by Crippen LogP contribution is 2.13. The predicted molar refractivity (Wildman–Crippen MR) is 80.3 cm³/mol. The van der Waals surface area contributed by atoms with Crippen molar-refractivity contribution in [1.29, 1.82) is 0 Å². The molecule has 0 aromatic heterocycles. The molecule has 3 nitrogen and oxygen atoms in total. The summed E-state index contributed by atoms with van der Waals surface area (Å²) in [7, 11) is -3.48. The SMILES string of the molecule is CCCC[C@@H](CC)CNS(=O)(=O)Cc1ccccc1F. The van der Waals surface area contributed by atoms with Crippen LogP contribution >= 0.6 is 0 Å². The van der Waals surface area contributed by atoms with E-state index in [9.17, 15) is 12.8 Å². The number of hydrogen-bond donors (Lipinski definition) is 1. The van der Waals surface area contributed by atoms with Crippen LogP contribution in [0.3, 0.4) is 0 Å². The van der Waals surface area contributed by atoms with Crippen molar-refractivity contribution in [2.75, 3.05) is 6.54 Å². The van der Waals surface area contributed by atoms with Gasteiger partial charge in [0.25, 0.3) is 0 Å². The summed E-state index contributed by atoms with van der Waals surface area (Å²) in [4.78, 5) is 0. The van der Waals surface area contributed by atoms with Crippen molar-refractivity contribution in [2.24, 2.45) is 5.92 Å². The molecule has 0 aliphatic carbocycles. The highest BCUT2D eigenvalue weighted by atomic mass is 32.2. The van der Waals surface area contributed by atoms with Crippen molar-refractivity contribution in [3.63, 3.8) is 0 Å². The topological polar surface area (TPSA) is 46.2 Å². The van der Waals surface area contributed by atoms with Crippen LogP contribution in [-0.4, -0.2) is 15.0 Å². The summed E-state index contributed by atoms with van der Waals surface area (Å²) in [5.41, 5.74) is 0.210. The highest BCUT2D eigenvalue weighted by Gasteiger charge is 2.16. The van der Waals surface area contributed by atoms with Crippen LogP contribution in [0.15, 0.2) is 24.3 Å². The zero-order valence-corrected chi connectivity index (χ0v) is 13.0. The molecule has 0 bridgehead atoms. The van der Waals surface area contributed by atoms with Gasteiger partial charge in [0.15, 0.2) is 0 Å². The Hall–Kier alpha value is -0.940. The fourth-order valence-corrected chi connectivity index (χ4v) is 3.29. The van der Waals surface area contributed by atoms with Crippen molar-refractivity contribution < 1.29 is 12.8 Å². The molecule has 1 N–H and O–H groups in total. The lowest BCUT2D eigenvalue weighted by Crippen LogP contribution is -2.30. The van der Waals surface area contributed by atoms with Crippen LogP contribution in [0.2, 0.25) is 0 Å². The van der Waals surface area contributed by atoms with Gasteiger partial charge in [0.1, 0.15) is 5.82 Å². The average molecular weight is 301 g/mol. The maximum absolute atomic E-state index is 13.5. The van der Waals surface area contributed by atoms with E-state index in [0.717, 1.165) is 25.7 Å². The van der Waals surface area contributed by atoms with Gasteiger partial charge in [0.05, 0.1) is 5.75 Å². The Labute approximate surface area is 121 Å². The Bertz CT molecular complexity index is 502. The van der Waals surface area contributed by atoms with Gasteiger partial charge >= 0.3 is 0 Å². The van der Waals surface area contributed by atoms with Gasteiger partial charge in [-0.3, -0.25) is 0 Å². The normalized spacial score (nSPS) is 13.3. The maximum Gasteiger partial charge on any atom is 0.215 e. The number of halogens is 1. The number of rotatable bonds is 9. The van der Waals surface area contributed by atoms with Gasteiger partial charge in [-0.2, -0.15) is 0 Å². The summed E-state index contributed by atoms with van der Waals surface area (Å²) in [5, 5.41) is 0. The molecule has 1 rings (SSSR count). The zero-order valence-electron chi connectivity index (χ0n) is 12.2. The van der Waals surface area contributed by atoms with Crippen molar-refractivity contribution in [3.8, 4) is 0 Å². The molecule has 0 amide bonds. The molecular weight excluding hydrogens is 277 g/mol. The largest absolute Gasteiger partial charge is 0.215 e. The molecule has 0 heterocycles. The Morgan fingerprint density at radius 2 is 1.95 bits per heavy atom. The van der Waals surface area contributed by atoms with E-state index in [1.807, 2.05) is 0 Å². The van der Waals surface area contributed by atoms with Gasteiger partial charge in [0.2, 0.25) is 10.0 Å². The third-order valence-corrected chi connectivity index (χ3v) is 4.74. The third kappa shape index (κ3) is 6.01. The van der Waals surface area contributed by atoms with Crippen LogP contribution in [0.25, 0.3) is 0 Å². The summed E-state index contributed by atoms with van der Waals surface area (Å²) in [6, 6.07) is 5.98. The molecule has 1 aromatic carbocycles. The molecule has 0 aliphatic heterocycles. The number of unbranched alkanes of at least 4 members (excludes halogenated alkanes) is 1. The van der Waals surface area contributed by atoms with E-state index < -0.39 is 15.8 Å². The first-order chi connectivity index (χ1) is 9.48. The molecule has 5 heteroatoms. The Balaban J connectivity index is 2.55. The first kappa shape index (κ1) is 17.1. The van der Waals surface area contributed by atoms with Gasteiger partial charge in [-0.05, 0) is 18.4 Å². The van der Waals surface area contributed by atoms with Gasteiger partial charge in [-0.15, -0.1) is 0 Å². The predicted octanol–water partition coefficient (Wildman–Crippen LogP) is 3.46. The fourth-order valence-electron chi connectivity index (χ4n) is 2.06. The molecule has 0 unspecified atom stereocenters. The summed E-state index contributed by atoms with van der Waals surface area (Å²) in [6.07, 6.45) is 4.18. The molecule has 0 spiro atoms. The summed E-state index contributed by atoms with van der Waals surface area (Å²) < 4.78 is 40.0. The number of nitrogens with one attached hydrogen (secondary N) is 1. The minimum Gasteiger partial charge on any atom is -0.215 e. The molecule has 0 aliphatic rings. The smallest absolute Gasteiger partial charge is 0.215 e. The van der Waals surface area contributed by atoms with E-state index >= 15 is 0 Å². The second kappa shape index (κ2) is 8.37. The lowest BCUT2D eigenvalue weighted by molar-refractivity contribution is 0.443.